The molecular formula is C10H17NO2. The molecule has 13 heavy (non-hydrogen) atoms. The Bertz CT molecular complexity index is 240. The number of piperidine rings is 1. The Labute approximate surface area is 78.9 Å². The van der Waals surface area contributed by atoms with Crippen LogP contribution >= 0.6 is 0 Å². The zero-order valence-electron chi connectivity index (χ0n) is 8.68. The van der Waals surface area contributed by atoms with E-state index in [1.54, 1.807) is 0 Å². The Hall–Kier alpha value is -0.860. The van der Waals surface area contributed by atoms with Gasteiger partial charge in [0.15, 0.2) is 0 Å². The molecule has 1 saturated heterocycles. The summed E-state index contributed by atoms with van der Waals surface area (Å²) in [5.41, 5.74) is 0.0207. The van der Waals surface area contributed by atoms with Gasteiger partial charge in [-0.3, -0.25) is 14.9 Å². The van der Waals surface area contributed by atoms with E-state index in [0.29, 0.717) is 6.42 Å². The van der Waals surface area contributed by atoms with Crippen molar-refractivity contribution in [1.82, 2.24) is 5.32 Å². The number of hydrogen-bond donors (Lipinski definition) is 1. The van der Waals surface area contributed by atoms with Gasteiger partial charge in [0.2, 0.25) is 11.8 Å². The van der Waals surface area contributed by atoms with Crippen molar-refractivity contribution in [1.29, 1.82) is 0 Å². The first-order valence-electron chi connectivity index (χ1n) is 4.66. The smallest absolute Gasteiger partial charge is 0.229 e. The average Bonchev–Trinajstić information content (AvgIpc) is 1.94. The topological polar surface area (TPSA) is 46.2 Å². The molecule has 0 aromatic rings. The van der Waals surface area contributed by atoms with Crippen molar-refractivity contribution in [2.45, 2.75) is 34.1 Å². The summed E-state index contributed by atoms with van der Waals surface area (Å²) in [5.74, 6) is -0.161. The van der Waals surface area contributed by atoms with Crippen LogP contribution in [0.3, 0.4) is 0 Å². The van der Waals surface area contributed by atoms with Crippen molar-refractivity contribution >= 4 is 11.8 Å². The third kappa shape index (κ3) is 2.08. The first-order valence-corrected chi connectivity index (χ1v) is 4.66. The molecule has 1 rings (SSSR count). The van der Waals surface area contributed by atoms with Crippen LogP contribution in [0.4, 0.5) is 0 Å². The maximum Gasteiger partial charge on any atom is 0.229 e. The van der Waals surface area contributed by atoms with Crippen LogP contribution in [0.25, 0.3) is 0 Å². The summed E-state index contributed by atoms with van der Waals surface area (Å²) in [6.45, 7) is 8.10. The molecule has 1 aliphatic heterocycles. The van der Waals surface area contributed by atoms with E-state index in [4.69, 9.17) is 0 Å². The number of hydrogen-bond acceptors (Lipinski definition) is 2. The molecule has 74 valence electrons. The number of imide groups is 1. The van der Waals surface area contributed by atoms with Crippen molar-refractivity contribution < 1.29 is 9.59 Å². The summed E-state index contributed by atoms with van der Waals surface area (Å²) in [6, 6.07) is 0. The highest BCUT2D eigenvalue weighted by molar-refractivity contribution is 5.98. The molecule has 0 radical (unpaired) electrons. The van der Waals surface area contributed by atoms with Gasteiger partial charge in [-0.25, -0.2) is 0 Å². The number of amides is 2. The fourth-order valence-corrected chi connectivity index (χ4v) is 1.92. The van der Waals surface area contributed by atoms with Crippen LogP contribution < -0.4 is 5.32 Å². The minimum atomic E-state index is -0.136. The normalized spacial score (nSPS) is 30.2. The van der Waals surface area contributed by atoms with Crippen molar-refractivity contribution in [3.8, 4) is 0 Å². The highest BCUT2D eigenvalue weighted by Crippen LogP contribution is 2.36. The second-order valence-electron chi connectivity index (χ2n) is 4.88. The van der Waals surface area contributed by atoms with Gasteiger partial charge in [0.1, 0.15) is 0 Å². The van der Waals surface area contributed by atoms with E-state index in [9.17, 15) is 9.59 Å². The van der Waals surface area contributed by atoms with Crippen molar-refractivity contribution in [2.24, 2.45) is 17.3 Å². The van der Waals surface area contributed by atoms with Crippen LogP contribution in [0.5, 0.6) is 0 Å². The van der Waals surface area contributed by atoms with Gasteiger partial charge in [-0.15, -0.1) is 0 Å². The molecule has 0 bridgehead atoms. The average molecular weight is 183 g/mol. The highest BCUT2D eigenvalue weighted by atomic mass is 16.2. The molecule has 3 nitrogen and oxygen atoms in total. The van der Waals surface area contributed by atoms with E-state index in [0.717, 1.165) is 0 Å². The third-order valence-electron chi connectivity index (χ3n) is 2.80. The molecule has 0 saturated carbocycles. The van der Waals surface area contributed by atoms with Crippen LogP contribution in [-0.2, 0) is 9.59 Å². The largest absolute Gasteiger partial charge is 0.296 e. The van der Waals surface area contributed by atoms with Gasteiger partial charge in [-0.05, 0) is 11.3 Å². The first-order chi connectivity index (χ1) is 5.82. The lowest BCUT2D eigenvalue weighted by atomic mass is 9.70. The van der Waals surface area contributed by atoms with E-state index < -0.39 is 0 Å². The second kappa shape index (κ2) is 3.13. The molecule has 1 fully saturated rings. The van der Waals surface area contributed by atoms with Crippen LogP contribution in [0.15, 0.2) is 0 Å². The van der Waals surface area contributed by atoms with E-state index in [1.807, 2.05) is 6.92 Å². The monoisotopic (exact) mass is 183 g/mol. The summed E-state index contributed by atoms with van der Waals surface area (Å²) in [7, 11) is 0. The van der Waals surface area contributed by atoms with Gasteiger partial charge in [-0.1, -0.05) is 27.7 Å². The zero-order chi connectivity index (χ0) is 10.2. The maximum absolute atomic E-state index is 11.3. The lowest BCUT2D eigenvalue weighted by Crippen LogP contribution is -2.48. The molecule has 1 aliphatic rings. The first kappa shape index (κ1) is 10.2. The lowest BCUT2D eigenvalue weighted by molar-refractivity contribution is -0.140. The van der Waals surface area contributed by atoms with E-state index >= 15 is 0 Å². The van der Waals surface area contributed by atoms with Crippen LogP contribution in [-0.4, -0.2) is 11.8 Å². The van der Waals surface area contributed by atoms with Crippen molar-refractivity contribution in [2.75, 3.05) is 0 Å². The van der Waals surface area contributed by atoms with Gasteiger partial charge >= 0.3 is 0 Å². The maximum atomic E-state index is 11.3. The molecule has 2 unspecified atom stereocenters. The molecule has 0 spiro atoms. The van der Waals surface area contributed by atoms with Crippen LogP contribution in [0, 0.1) is 17.3 Å². The van der Waals surface area contributed by atoms with Gasteiger partial charge < -0.3 is 0 Å². The summed E-state index contributed by atoms with van der Waals surface area (Å²) in [4.78, 5) is 22.5. The van der Waals surface area contributed by atoms with E-state index in [-0.39, 0.29) is 29.1 Å². The van der Waals surface area contributed by atoms with Crippen LogP contribution in [0.1, 0.15) is 34.1 Å². The number of rotatable bonds is 0. The lowest BCUT2D eigenvalue weighted by Gasteiger charge is -2.37. The predicted octanol–water partition coefficient (Wildman–Crippen LogP) is 1.33. The Morgan fingerprint density at radius 1 is 1.31 bits per heavy atom. The molecule has 2 amide bonds. The minimum absolute atomic E-state index is 0.0207. The molecule has 0 aromatic heterocycles. The van der Waals surface area contributed by atoms with Crippen molar-refractivity contribution in [3.05, 3.63) is 0 Å². The number of carbonyl (C=O) groups is 2. The highest BCUT2D eigenvalue weighted by Gasteiger charge is 2.39. The summed E-state index contributed by atoms with van der Waals surface area (Å²) >= 11 is 0. The van der Waals surface area contributed by atoms with Crippen molar-refractivity contribution in [3.63, 3.8) is 0 Å². The minimum Gasteiger partial charge on any atom is -0.296 e. The molecule has 1 N–H and O–H groups in total. The zero-order valence-corrected chi connectivity index (χ0v) is 8.68. The van der Waals surface area contributed by atoms with Gasteiger partial charge in [-0.2, -0.15) is 0 Å². The third-order valence-corrected chi connectivity index (χ3v) is 2.80. The quantitative estimate of drug-likeness (QED) is 0.576. The molecule has 3 heteroatoms. The standard InChI is InChI=1S/C10H17NO2/c1-6-7(10(2,3)4)5-8(12)11-9(6)13/h6-7H,5H2,1-4H3,(H,11,12,13). The van der Waals surface area contributed by atoms with Gasteiger partial charge in [0, 0.05) is 12.3 Å². The molecular weight excluding hydrogens is 166 g/mol. The van der Waals surface area contributed by atoms with Gasteiger partial charge in [0.05, 0.1) is 0 Å². The Balaban J connectivity index is 2.84. The Kier molecular flexibility index (Phi) is 2.46. The SMILES string of the molecule is CC1C(=O)NC(=O)CC1C(C)(C)C. The summed E-state index contributed by atoms with van der Waals surface area (Å²) in [5, 5.41) is 2.35. The second-order valence-corrected chi connectivity index (χ2v) is 4.88. The Morgan fingerprint density at radius 2 is 1.85 bits per heavy atom. The summed E-state index contributed by atoms with van der Waals surface area (Å²) in [6.07, 6.45) is 0.469. The molecule has 0 aliphatic carbocycles. The fourth-order valence-electron chi connectivity index (χ4n) is 1.92. The molecule has 1 heterocycles. The Morgan fingerprint density at radius 3 is 2.31 bits per heavy atom. The van der Waals surface area contributed by atoms with Crippen LogP contribution in [0.2, 0.25) is 0 Å². The number of carbonyl (C=O) groups excluding carboxylic acids is 2. The van der Waals surface area contributed by atoms with E-state index in [2.05, 4.69) is 26.1 Å². The fraction of sp³-hybridized carbons (Fsp3) is 0.800. The van der Waals surface area contributed by atoms with Gasteiger partial charge in [0.25, 0.3) is 0 Å². The predicted molar refractivity (Wildman–Crippen MR) is 49.9 cm³/mol. The molecule has 2 atom stereocenters. The number of nitrogens with one attached hydrogen (secondary N) is 1. The van der Waals surface area contributed by atoms with E-state index in [1.165, 1.54) is 0 Å². The molecule has 0 aromatic carbocycles. The summed E-state index contributed by atoms with van der Waals surface area (Å²) < 4.78 is 0.